The molecule has 1 aliphatic rings. The Bertz CT molecular complexity index is 938. The van der Waals surface area contributed by atoms with Crippen molar-refractivity contribution < 1.29 is 13.7 Å². The van der Waals surface area contributed by atoms with Crippen molar-refractivity contribution in [3.05, 3.63) is 47.2 Å². The van der Waals surface area contributed by atoms with E-state index in [9.17, 15) is 9.18 Å². The molecule has 3 aromatic rings. The van der Waals surface area contributed by atoms with Crippen molar-refractivity contribution in [3.63, 3.8) is 0 Å². The number of carbonyl (C=O) groups is 1. The predicted molar refractivity (Wildman–Crippen MR) is 89.8 cm³/mol. The average Bonchev–Trinajstić information content (AvgIpc) is 3.16. The normalized spacial score (nSPS) is 15.9. The second-order valence-electron chi connectivity index (χ2n) is 6.57. The van der Waals surface area contributed by atoms with Crippen LogP contribution in [0.5, 0.6) is 0 Å². The highest BCUT2D eigenvalue weighted by Crippen LogP contribution is 2.33. The van der Waals surface area contributed by atoms with E-state index in [-0.39, 0.29) is 17.6 Å². The predicted octanol–water partition coefficient (Wildman–Crippen LogP) is 3.03. The molecule has 4 rings (SSSR count). The molecule has 0 saturated carbocycles. The van der Waals surface area contributed by atoms with Gasteiger partial charge in [-0.15, -0.1) is 0 Å². The molecular formula is C18H19FN4O2. The summed E-state index contributed by atoms with van der Waals surface area (Å²) in [5, 5.41) is 9.24. The molecule has 1 aromatic carbocycles. The number of hydrogen-bond acceptors (Lipinski definition) is 4. The Morgan fingerprint density at radius 1 is 1.28 bits per heavy atom. The maximum Gasteiger partial charge on any atom is 0.272 e. The zero-order chi connectivity index (χ0) is 17.6. The number of carbonyl (C=O) groups excluding carboxylic acids is 1. The summed E-state index contributed by atoms with van der Waals surface area (Å²) in [5.41, 5.74) is 2.78. The van der Waals surface area contributed by atoms with Gasteiger partial charge >= 0.3 is 0 Å². The Labute approximate surface area is 144 Å². The maximum atomic E-state index is 13.3. The van der Waals surface area contributed by atoms with Crippen LogP contribution in [-0.4, -0.2) is 38.8 Å². The molecule has 1 aliphatic heterocycles. The molecule has 0 spiro atoms. The summed E-state index contributed by atoms with van der Waals surface area (Å²) >= 11 is 0. The number of amides is 1. The highest BCUT2D eigenvalue weighted by Gasteiger charge is 2.28. The summed E-state index contributed by atoms with van der Waals surface area (Å²) in [6, 6.07) is 6.31. The number of aromatic nitrogens is 3. The molecule has 0 radical (unpaired) electrons. The zero-order valence-corrected chi connectivity index (χ0v) is 14.2. The first-order chi connectivity index (χ1) is 12.0. The summed E-state index contributed by atoms with van der Waals surface area (Å²) in [6.07, 6.45) is 1.61. The van der Waals surface area contributed by atoms with Gasteiger partial charge < -0.3 is 9.42 Å². The third-order valence-corrected chi connectivity index (χ3v) is 4.85. The van der Waals surface area contributed by atoms with Gasteiger partial charge in [-0.2, -0.15) is 5.10 Å². The summed E-state index contributed by atoms with van der Waals surface area (Å²) in [7, 11) is 1.79. The Kier molecular flexibility index (Phi) is 3.78. The monoisotopic (exact) mass is 342 g/mol. The van der Waals surface area contributed by atoms with Gasteiger partial charge in [0, 0.05) is 37.5 Å². The first-order valence-corrected chi connectivity index (χ1v) is 8.37. The Hall–Kier alpha value is -2.70. The number of piperidine rings is 1. The lowest BCUT2D eigenvalue weighted by atomic mass is 9.91. The van der Waals surface area contributed by atoms with Crippen molar-refractivity contribution in [2.45, 2.75) is 25.7 Å². The first-order valence-electron chi connectivity index (χ1n) is 8.37. The minimum absolute atomic E-state index is 0.00799. The second-order valence-corrected chi connectivity index (χ2v) is 6.57. The third kappa shape index (κ3) is 2.79. The lowest BCUT2D eigenvalue weighted by Gasteiger charge is -2.31. The molecule has 25 heavy (non-hydrogen) atoms. The SMILES string of the molecule is Cc1cc(C(=O)N2CCC(c3noc4cc(F)ccc34)CC2)n(C)n1. The van der Waals surface area contributed by atoms with E-state index in [1.807, 2.05) is 17.9 Å². The van der Waals surface area contributed by atoms with Crippen molar-refractivity contribution >= 4 is 16.9 Å². The van der Waals surface area contributed by atoms with Crippen molar-refractivity contribution in [2.75, 3.05) is 13.1 Å². The largest absolute Gasteiger partial charge is 0.356 e. The number of benzene rings is 1. The molecule has 6 nitrogen and oxygen atoms in total. The van der Waals surface area contributed by atoms with Crippen LogP contribution in [0.25, 0.3) is 11.0 Å². The zero-order valence-electron chi connectivity index (χ0n) is 14.2. The van der Waals surface area contributed by atoms with Crippen LogP contribution in [0.1, 0.15) is 40.6 Å². The van der Waals surface area contributed by atoms with Gasteiger partial charge in [0.1, 0.15) is 11.5 Å². The summed E-state index contributed by atoms with van der Waals surface area (Å²) in [6.45, 7) is 3.19. The molecule has 0 atom stereocenters. The minimum Gasteiger partial charge on any atom is -0.356 e. The third-order valence-electron chi connectivity index (χ3n) is 4.85. The minimum atomic E-state index is -0.331. The maximum absolute atomic E-state index is 13.3. The van der Waals surface area contributed by atoms with E-state index in [4.69, 9.17) is 4.52 Å². The fourth-order valence-electron chi connectivity index (χ4n) is 3.55. The van der Waals surface area contributed by atoms with E-state index in [2.05, 4.69) is 10.3 Å². The van der Waals surface area contributed by atoms with E-state index in [0.717, 1.165) is 29.6 Å². The first kappa shape index (κ1) is 15.8. The van der Waals surface area contributed by atoms with Crippen molar-refractivity contribution in [2.24, 2.45) is 7.05 Å². The van der Waals surface area contributed by atoms with Crippen LogP contribution in [0.4, 0.5) is 4.39 Å². The molecule has 3 heterocycles. The van der Waals surface area contributed by atoms with Crippen LogP contribution in [0.2, 0.25) is 0 Å². The number of nitrogens with zero attached hydrogens (tertiary/aromatic N) is 4. The highest BCUT2D eigenvalue weighted by molar-refractivity contribution is 5.92. The molecular weight excluding hydrogens is 323 g/mol. The molecule has 130 valence electrons. The fraction of sp³-hybridized carbons (Fsp3) is 0.389. The topological polar surface area (TPSA) is 64.2 Å². The number of aryl methyl sites for hydroxylation is 2. The Morgan fingerprint density at radius 3 is 2.72 bits per heavy atom. The van der Waals surface area contributed by atoms with E-state index in [0.29, 0.717) is 24.4 Å². The molecule has 0 bridgehead atoms. The van der Waals surface area contributed by atoms with E-state index in [1.165, 1.54) is 12.1 Å². The van der Waals surface area contributed by atoms with E-state index >= 15 is 0 Å². The van der Waals surface area contributed by atoms with Gasteiger partial charge in [-0.1, -0.05) is 5.16 Å². The fourth-order valence-corrected chi connectivity index (χ4v) is 3.55. The summed E-state index contributed by atoms with van der Waals surface area (Å²) in [4.78, 5) is 14.5. The number of halogens is 1. The molecule has 0 unspecified atom stereocenters. The van der Waals surface area contributed by atoms with Gasteiger partial charge in [0.2, 0.25) is 0 Å². The van der Waals surface area contributed by atoms with Crippen LogP contribution >= 0.6 is 0 Å². The molecule has 1 fully saturated rings. The standard InChI is InChI=1S/C18H19FN4O2/c1-11-9-15(22(2)20-11)18(24)23-7-5-12(6-8-23)17-14-4-3-13(19)10-16(14)25-21-17/h3-4,9-10,12H,5-8H2,1-2H3. The van der Waals surface area contributed by atoms with Crippen molar-refractivity contribution in [1.82, 2.24) is 19.8 Å². The lowest BCUT2D eigenvalue weighted by Crippen LogP contribution is -2.38. The number of hydrogen-bond donors (Lipinski definition) is 0. The van der Waals surface area contributed by atoms with Gasteiger partial charge in [-0.3, -0.25) is 9.48 Å². The van der Waals surface area contributed by atoms with Crippen LogP contribution < -0.4 is 0 Å². The molecule has 0 N–H and O–H groups in total. The van der Waals surface area contributed by atoms with Crippen molar-refractivity contribution in [3.8, 4) is 0 Å². The number of rotatable bonds is 2. The van der Waals surface area contributed by atoms with Gasteiger partial charge in [0.25, 0.3) is 5.91 Å². The number of likely N-dealkylation sites (tertiary alicyclic amines) is 1. The van der Waals surface area contributed by atoms with Gasteiger partial charge in [-0.05, 0) is 38.0 Å². The van der Waals surface area contributed by atoms with Crippen LogP contribution in [0.15, 0.2) is 28.8 Å². The summed E-state index contributed by atoms with van der Waals surface area (Å²) in [5.74, 6) is -0.111. The molecule has 2 aromatic heterocycles. The summed E-state index contributed by atoms with van der Waals surface area (Å²) < 4.78 is 20.2. The quantitative estimate of drug-likeness (QED) is 0.718. The van der Waals surface area contributed by atoms with E-state index < -0.39 is 0 Å². The Balaban J connectivity index is 1.49. The van der Waals surface area contributed by atoms with Crippen LogP contribution in [-0.2, 0) is 7.05 Å². The van der Waals surface area contributed by atoms with Gasteiger partial charge in [0.05, 0.1) is 11.4 Å². The Morgan fingerprint density at radius 2 is 2.04 bits per heavy atom. The van der Waals surface area contributed by atoms with Crippen molar-refractivity contribution in [1.29, 1.82) is 0 Å². The van der Waals surface area contributed by atoms with Gasteiger partial charge in [-0.25, -0.2) is 4.39 Å². The number of fused-ring (bicyclic) bond motifs is 1. The lowest BCUT2D eigenvalue weighted by molar-refractivity contribution is 0.0700. The van der Waals surface area contributed by atoms with Crippen LogP contribution in [0.3, 0.4) is 0 Å². The van der Waals surface area contributed by atoms with Crippen LogP contribution in [0, 0.1) is 12.7 Å². The average molecular weight is 342 g/mol. The molecule has 7 heteroatoms. The molecule has 1 saturated heterocycles. The molecule has 0 aliphatic carbocycles. The van der Waals surface area contributed by atoms with Gasteiger partial charge in [0.15, 0.2) is 5.58 Å². The highest BCUT2D eigenvalue weighted by atomic mass is 19.1. The van der Waals surface area contributed by atoms with E-state index in [1.54, 1.807) is 17.8 Å². The second kappa shape index (κ2) is 5.98. The smallest absolute Gasteiger partial charge is 0.272 e. The molecule has 1 amide bonds.